The second-order valence-corrected chi connectivity index (χ2v) is 10.6. The molecule has 0 spiro atoms. The lowest BCUT2D eigenvalue weighted by molar-refractivity contribution is 0.315. The Kier molecular flexibility index (Phi) is 6.52. The van der Waals surface area contributed by atoms with Crippen molar-refractivity contribution in [3.8, 4) is 6.19 Å². The van der Waals surface area contributed by atoms with Gasteiger partial charge in [0.15, 0.2) is 6.19 Å². The van der Waals surface area contributed by atoms with Gasteiger partial charge in [-0.2, -0.15) is 5.26 Å². The summed E-state index contributed by atoms with van der Waals surface area (Å²) in [6, 6.07) is 3.52. The minimum absolute atomic E-state index is 0.158. The Labute approximate surface area is 172 Å². The van der Waals surface area contributed by atoms with Gasteiger partial charge in [-0.1, -0.05) is 35.2 Å². The van der Waals surface area contributed by atoms with Crippen LogP contribution in [0.25, 0.3) is 0 Å². The fourth-order valence-corrected chi connectivity index (χ4v) is 6.89. The third-order valence-electron chi connectivity index (χ3n) is 5.26. The van der Waals surface area contributed by atoms with E-state index in [1.165, 1.54) is 6.42 Å². The number of hydrogen-bond acceptors (Lipinski definition) is 4. The quantitative estimate of drug-likeness (QED) is 0.424. The lowest BCUT2D eigenvalue weighted by Gasteiger charge is -2.27. The van der Waals surface area contributed by atoms with E-state index < -0.39 is 10.0 Å². The van der Waals surface area contributed by atoms with E-state index in [4.69, 9.17) is 0 Å². The second kappa shape index (κ2) is 8.49. The Morgan fingerprint density at radius 2 is 1.77 bits per heavy atom. The van der Waals surface area contributed by atoms with Crippen molar-refractivity contribution >= 4 is 47.6 Å². The van der Waals surface area contributed by atoms with Crippen molar-refractivity contribution in [1.82, 2.24) is 4.31 Å². The van der Waals surface area contributed by atoms with Gasteiger partial charge >= 0.3 is 0 Å². The van der Waals surface area contributed by atoms with E-state index in [2.05, 4.69) is 36.8 Å². The van der Waals surface area contributed by atoms with Crippen LogP contribution in [0.15, 0.2) is 26.0 Å². The average Bonchev–Trinajstić information content (AvgIpc) is 3.16. The van der Waals surface area contributed by atoms with Crippen LogP contribution in [0.2, 0.25) is 0 Å². The first-order chi connectivity index (χ1) is 12.4. The standard InChI is InChI=1S/C18H23Br2N3O2S/c19-15-10-16(22-8-4-5-9-22)18(20)17(11-15)26(24,25)23(13-21)12-14-6-2-1-3-7-14/h10-11,14H,1-9,12H2. The molecule has 1 aliphatic heterocycles. The zero-order valence-electron chi connectivity index (χ0n) is 14.6. The number of nitriles is 1. The van der Waals surface area contributed by atoms with E-state index in [1.54, 1.807) is 6.07 Å². The zero-order valence-corrected chi connectivity index (χ0v) is 18.6. The van der Waals surface area contributed by atoms with Gasteiger partial charge in [-0.25, -0.2) is 12.7 Å². The average molecular weight is 505 g/mol. The molecule has 1 saturated heterocycles. The summed E-state index contributed by atoms with van der Waals surface area (Å²) < 4.78 is 28.7. The summed E-state index contributed by atoms with van der Waals surface area (Å²) in [5, 5.41) is 9.55. The molecule has 0 amide bonds. The predicted molar refractivity (Wildman–Crippen MR) is 109 cm³/mol. The van der Waals surface area contributed by atoms with Crippen molar-refractivity contribution in [1.29, 1.82) is 5.26 Å². The lowest BCUT2D eigenvalue weighted by Crippen LogP contribution is -2.32. The maximum atomic E-state index is 13.2. The first-order valence-electron chi connectivity index (χ1n) is 9.10. The Morgan fingerprint density at radius 3 is 2.38 bits per heavy atom. The van der Waals surface area contributed by atoms with Crippen LogP contribution in [0, 0.1) is 17.4 Å². The third kappa shape index (κ3) is 4.20. The molecule has 3 rings (SSSR count). The SMILES string of the molecule is N#CN(CC1CCCCC1)S(=O)(=O)c1cc(Br)cc(N2CCCC2)c1Br. The molecule has 1 aromatic carbocycles. The van der Waals surface area contributed by atoms with E-state index in [0.29, 0.717) is 8.95 Å². The molecule has 142 valence electrons. The molecule has 0 atom stereocenters. The van der Waals surface area contributed by atoms with Crippen LogP contribution >= 0.6 is 31.9 Å². The number of halogens is 2. The van der Waals surface area contributed by atoms with Crippen molar-refractivity contribution in [2.75, 3.05) is 24.5 Å². The fraction of sp³-hybridized carbons (Fsp3) is 0.611. The highest BCUT2D eigenvalue weighted by atomic mass is 79.9. The molecule has 0 bridgehead atoms. The van der Waals surface area contributed by atoms with Gasteiger partial charge in [-0.15, -0.1) is 0 Å². The molecule has 26 heavy (non-hydrogen) atoms. The predicted octanol–water partition coefficient (Wildman–Crippen LogP) is 4.86. The minimum Gasteiger partial charge on any atom is -0.371 e. The molecule has 0 N–H and O–H groups in total. The number of benzene rings is 1. The van der Waals surface area contributed by atoms with Gasteiger partial charge in [0.05, 0.1) is 10.2 Å². The van der Waals surface area contributed by atoms with E-state index >= 15 is 0 Å². The number of sulfonamides is 1. The monoisotopic (exact) mass is 503 g/mol. The smallest absolute Gasteiger partial charge is 0.273 e. The highest BCUT2D eigenvalue weighted by Gasteiger charge is 2.31. The molecular formula is C18H23Br2N3O2S. The molecule has 2 aliphatic rings. The van der Waals surface area contributed by atoms with E-state index in [0.717, 1.165) is 61.6 Å². The Bertz CT molecular complexity index is 795. The first-order valence-corrected chi connectivity index (χ1v) is 12.1. The molecule has 1 aromatic rings. The van der Waals surface area contributed by atoms with Crippen molar-refractivity contribution in [3.05, 3.63) is 21.1 Å². The lowest BCUT2D eigenvalue weighted by atomic mass is 9.89. The minimum atomic E-state index is -3.89. The van der Waals surface area contributed by atoms with Crippen LogP contribution in [-0.4, -0.2) is 32.4 Å². The number of rotatable bonds is 5. The molecule has 8 heteroatoms. The maximum absolute atomic E-state index is 13.2. The van der Waals surface area contributed by atoms with Crippen LogP contribution < -0.4 is 4.90 Å². The summed E-state index contributed by atoms with van der Waals surface area (Å²) in [4.78, 5) is 2.34. The molecular weight excluding hydrogens is 482 g/mol. The largest absolute Gasteiger partial charge is 0.371 e. The van der Waals surface area contributed by atoms with E-state index in [-0.39, 0.29) is 17.4 Å². The summed E-state index contributed by atoms with van der Waals surface area (Å²) in [5.74, 6) is 0.266. The third-order valence-corrected chi connectivity index (χ3v) is 8.50. The van der Waals surface area contributed by atoms with Crippen LogP contribution in [0.5, 0.6) is 0 Å². The van der Waals surface area contributed by atoms with Gasteiger partial charge in [0.25, 0.3) is 10.0 Å². The van der Waals surface area contributed by atoms with Gasteiger partial charge in [0.1, 0.15) is 4.90 Å². The summed E-state index contributed by atoms with van der Waals surface area (Å²) in [7, 11) is -3.89. The summed E-state index contributed by atoms with van der Waals surface area (Å²) in [6.45, 7) is 2.11. The highest BCUT2D eigenvalue weighted by molar-refractivity contribution is 9.11. The normalized spacial score (nSPS) is 18.7. The molecule has 0 unspecified atom stereocenters. The fourth-order valence-electron chi connectivity index (χ4n) is 3.84. The molecule has 0 aromatic heterocycles. The van der Waals surface area contributed by atoms with Gasteiger partial charge in [0.2, 0.25) is 0 Å². The van der Waals surface area contributed by atoms with Crippen LogP contribution in [0.4, 0.5) is 5.69 Å². The molecule has 1 aliphatic carbocycles. The number of hydrogen-bond donors (Lipinski definition) is 0. The van der Waals surface area contributed by atoms with Crippen molar-refractivity contribution in [2.24, 2.45) is 5.92 Å². The van der Waals surface area contributed by atoms with Crippen LogP contribution in [0.1, 0.15) is 44.9 Å². The first kappa shape index (κ1) is 20.0. The molecule has 5 nitrogen and oxygen atoms in total. The summed E-state index contributed by atoms with van der Waals surface area (Å²) >= 11 is 6.95. The Balaban J connectivity index is 1.93. The topological polar surface area (TPSA) is 64.4 Å². The second-order valence-electron chi connectivity index (χ2n) is 7.07. The molecule has 0 radical (unpaired) electrons. The van der Waals surface area contributed by atoms with Gasteiger partial charge in [-0.3, -0.25) is 0 Å². The molecule has 1 saturated carbocycles. The van der Waals surface area contributed by atoms with Crippen molar-refractivity contribution in [2.45, 2.75) is 49.8 Å². The van der Waals surface area contributed by atoms with Crippen molar-refractivity contribution < 1.29 is 8.42 Å². The number of anilines is 1. The Hall–Kier alpha value is -0.780. The van der Waals surface area contributed by atoms with Crippen LogP contribution in [-0.2, 0) is 10.0 Å². The van der Waals surface area contributed by atoms with Gasteiger partial charge in [-0.05, 0) is 59.7 Å². The summed E-state index contributed by atoms with van der Waals surface area (Å²) in [5.41, 5.74) is 0.867. The Morgan fingerprint density at radius 1 is 1.12 bits per heavy atom. The molecule has 2 fully saturated rings. The number of nitrogens with zero attached hydrogens (tertiary/aromatic N) is 3. The zero-order chi connectivity index (χ0) is 18.7. The van der Waals surface area contributed by atoms with E-state index in [1.807, 2.05) is 12.3 Å². The van der Waals surface area contributed by atoms with Crippen LogP contribution in [0.3, 0.4) is 0 Å². The van der Waals surface area contributed by atoms with Crippen molar-refractivity contribution in [3.63, 3.8) is 0 Å². The van der Waals surface area contributed by atoms with Gasteiger partial charge < -0.3 is 4.90 Å². The van der Waals surface area contributed by atoms with Gasteiger partial charge in [0, 0.05) is 24.1 Å². The molecule has 1 heterocycles. The summed E-state index contributed by atoms with van der Waals surface area (Å²) in [6.07, 6.45) is 9.54. The highest BCUT2D eigenvalue weighted by Crippen LogP contribution is 2.38. The maximum Gasteiger partial charge on any atom is 0.273 e. The van der Waals surface area contributed by atoms with E-state index in [9.17, 15) is 13.7 Å².